The maximum Gasteiger partial charge on any atom is 0.163 e. The van der Waals surface area contributed by atoms with E-state index in [1.54, 1.807) is 6.92 Å². The predicted octanol–water partition coefficient (Wildman–Crippen LogP) is 4.21. The summed E-state index contributed by atoms with van der Waals surface area (Å²) in [5, 5.41) is 11.4. The van der Waals surface area contributed by atoms with Crippen LogP contribution in [0.4, 0.5) is 0 Å². The summed E-state index contributed by atoms with van der Waals surface area (Å²) in [4.78, 5) is 24.2. The number of aliphatic hydroxyl groups is 1. The van der Waals surface area contributed by atoms with E-state index in [0.717, 1.165) is 38.5 Å². The van der Waals surface area contributed by atoms with E-state index in [1.165, 1.54) is 5.57 Å². The van der Waals surface area contributed by atoms with E-state index in [2.05, 4.69) is 29.8 Å². The second-order valence-electron chi connectivity index (χ2n) is 9.45. The number of allylic oxidation sites excluding steroid dienone is 1. The Hall–Kier alpha value is -0.480. The van der Waals surface area contributed by atoms with Gasteiger partial charge in [0.05, 0.1) is 4.83 Å². The van der Waals surface area contributed by atoms with Crippen LogP contribution < -0.4 is 0 Å². The van der Waals surface area contributed by atoms with Gasteiger partial charge >= 0.3 is 0 Å². The molecule has 3 saturated carbocycles. The van der Waals surface area contributed by atoms with Gasteiger partial charge in [-0.3, -0.25) is 9.59 Å². The third-order valence-corrected chi connectivity index (χ3v) is 9.71. The van der Waals surface area contributed by atoms with Gasteiger partial charge in [0.2, 0.25) is 0 Å². The molecule has 0 aromatic heterocycles. The Morgan fingerprint density at radius 3 is 2.60 bits per heavy atom. The third kappa shape index (κ3) is 2.13. The average molecular weight is 409 g/mol. The second-order valence-corrected chi connectivity index (χ2v) is 10.6. The summed E-state index contributed by atoms with van der Waals surface area (Å²) in [7, 11) is 0. The highest BCUT2D eigenvalue weighted by Crippen LogP contribution is 2.68. The Balaban J connectivity index is 1.72. The van der Waals surface area contributed by atoms with Crippen molar-refractivity contribution < 1.29 is 14.7 Å². The largest absolute Gasteiger partial charge is 0.380 e. The highest BCUT2D eigenvalue weighted by Gasteiger charge is 2.68. The molecule has 138 valence electrons. The summed E-state index contributed by atoms with van der Waals surface area (Å²) in [5.74, 6) is 1.69. The Morgan fingerprint density at radius 1 is 1.20 bits per heavy atom. The van der Waals surface area contributed by atoms with Gasteiger partial charge in [0, 0.05) is 11.8 Å². The van der Waals surface area contributed by atoms with Crippen LogP contribution >= 0.6 is 15.9 Å². The molecule has 0 radical (unpaired) electrons. The lowest BCUT2D eigenvalue weighted by atomic mass is 9.46. The van der Waals surface area contributed by atoms with Crippen LogP contribution in [0.25, 0.3) is 0 Å². The first-order valence-corrected chi connectivity index (χ1v) is 10.7. The first-order chi connectivity index (χ1) is 11.6. The van der Waals surface area contributed by atoms with Crippen molar-refractivity contribution in [3.63, 3.8) is 0 Å². The summed E-state index contributed by atoms with van der Waals surface area (Å²) in [6, 6.07) is 0. The minimum atomic E-state index is -1.25. The molecule has 4 aliphatic rings. The molecule has 4 rings (SSSR count). The molecule has 7 atom stereocenters. The van der Waals surface area contributed by atoms with Crippen LogP contribution in [0, 0.1) is 28.6 Å². The van der Waals surface area contributed by atoms with Crippen molar-refractivity contribution in [3.05, 3.63) is 11.6 Å². The molecule has 0 aromatic carbocycles. The maximum atomic E-state index is 12.4. The predicted molar refractivity (Wildman–Crippen MR) is 100 cm³/mol. The van der Waals surface area contributed by atoms with Crippen LogP contribution in [0.2, 0.25) is 0 Å². The number of fused-ring (bicyclic) bond motifs is 5. The zero-order chi connectivity index (χ0) is 18.2. The molecule has 4 aliphatic carbocycles. The summed E-state index contributed by atoms with van der Waals surface area (Å²) < 4.78 is 0. The van der Waals surface area contributed by atoms with E-state index in [-0.39, 0.29) is 21.4 Å². The SMILES string of the molecule is CC(=O)[C@@]1(O)[C@@H](Br)C[C@H]2[C@@H]3CCC4=CC(=O)CC[C@]4(C)[C@H]3CC[C@@]21C. The molecule has 0 heterocycles. The van der Waals surface area contributed by atoms with Crippen molar-refractivity contribution in [2.24, 2.45) is 28.6 Å². The lowest BCUT2D eigenvalue weighted by molar-refractivity contribution is -0.159. The van der Waals surface area contributed by atoms with E-state index in [1.807, 2.05) is 6.08 Å². The Labute approximate surface area is 158 Å². The monoisotopic (exact) mass is 408 g/mol. The van der Waals surface area contributed by atoms with E-state index < -0.39 is 5.60 Å². The van der Waals surface area contributed by atoms with Gasteiger partial charge in [0.15, 0.2) is 11.6 Å². The molecule has 25 heavy (non-hydrogen) atoms. The van der Waals surface area contributed by atoms with Gasteiger partial charge in [-0.2, -0.15) is 0 Å². The summed E-state index contributed by atoms with van der Waals surface area (Å²) in [6.07, 6.45) is 8.49. The summed E-state index contributed by atoms with van der Waals surface area (Å²) in [5.41, 5.74) is -0.0844. The molecule has 0 spiro atoms. The highest BCUT2D eigenvalue weighted by molar-refractivity contribution is 9.09. The zero-order valence-corrected chi connectivity index (χ0v) is 17.1. The molecule has 3 fully saturated rings. The van der Waals surface area contributed by atoms with Crippen LogP contribution in [0.3, 0.4) is 0 Å². The Kier molecular flexibility index (Phi) is 3.95. The number of carbonyl (C=O) groups is 2. The van der Waals surface area contributed by atoms with Crippen molar-refractivity contribution in [3.8, 4) is 0 Å². The Morgan fingerprint density at radius 2 is 1.92 bits per heavy atom. The molecule has 0 amide bonds. The lowest BCUT2D eigenvalue weighted by Crippen LogP contribution is -2.59. The fourth-order valence-electron chi connectivity index (χ4n) is 7.16. The van der Waals surface area contributed by atoms with Gasteiger partial charge in [-0.15, -0.1) is 0 Å². The normalized spacial score (nSPS) is 52.0. The molecule has 0 unspecified atom stereocenters. The molecule has 0 saturated heterocycles. The molecule has 4 heteroatoms. The van der Waals surface area contributed by atoms with Gasteiger partial charge < -0.3 is 5.11 Å². The summed E-state index contributed by atoms with van der Waals surface area (Å²) >= 11 is 3.67. The Bertz CT molecular complexity index is 670. The molecule has 1 N–H and O–H groups in total. The van der Waals surface area contributed by atoms with Gasteiger partial charge in [-0.25, -0.2) is 0 Å². The molecule has 3 nitrogen and oxygen atoms in total. The topological polar surface area (TPSA) is 54.4 Å². The van der Waals surface area contributed by atoms with Crippen LogP contribution in [0.15, 0.2) is 11.6 Å². The first kappa shape index (κ1) is 17.9. The average Bonchev–Trinajstić information content (AvgIpc) is 2.77. The van der Waals surface area contributed by atoms with Crippen molar-refractivity contribution in [2.45, 2.75) is 76.1 Å². The van der Waals surface area contributed by atoms with Crippen LogP contribution in [0.5, 0.6) is 0 Å². The number of rotatable bonds is 1. The van der Waals surface area contributed by atoms with Crippen molar-refractivity contribution in [1.82, 2.24) is 0 Å². The number of hydrogen-bond acceptors (Lipinski definition) is 3. The van der Waals surface area contributed by atoms with Crippen molar-refractivity contribution >= 4 is 27.5 Å². The number of carbonyl (C=O) groups excluding carboxylic acids is 2. The third-order valence-electron chi connectivity index (χ3n) is 8.67. The molecular formula is C21H29BrO3. The fraction of sp³-hybridized carbons (Fsp3) is 0.810. The van der Waals surface area contributed by atoms with Gasteiger partial charge in [-0.05, 0) is 74.7 Å². The number of halogens is 1. The van der Waals surface area contributed by atoms with Crippen LogP contribution in [-0.4, -0.2) is 27.1 Å². The van der Waals surface area contributed by atoms with Crippen molar-refractivity contribution in [1.29, 1.82) is 0 Å². The zero-order valence-electron chi connectivity index (χ0n) is 15.5. The minimum Gasteiger partial charge on any atom is -0.380 e. The quantitative estimate of drug-likeness (QED) is 0.660. The number of Topliss-reactive ketones (excluding diaryl/α,β-unsaturated/α-hetero) is 1. The first-order valence-electron chi connectivity index (χ1n) is 9.76. The number of ketones is 2. The maximum absolute atomic E-state index is 12.4. The van der Waals surface area contributed by atoms with E-state index >= 15 is 0 Å². The standard InChI is InChI=1S/C21H29BrO3/c1-12(23)21(25)18(22)11-17-15-5-4-13-10-14(24)6-8-19(13,2)16(15)7-9-20(17,21)3/h10,15-18,25H,4-9,11H2,1-3H3/t15-,16+,17+,18+,19+,20+,21-/m1/s1. The van der Waals surface area contributed by atoms with E-state index in [9.17, 15) is 14.7 Å². The van der Waals surface area contributed by atoms with E-state index in [0.29, 0.717) is 30.0 Å². The van der Waals surface area contributed by atoms with Gasteiger partial charge in [-0.1, -0.05) is 35.4 Å². The van der Waals surface area contributed by atoms with Gasteiger partial charge in [0.25, 0.3) is 0 Å². The molecule has 0 aromatic rings. The lowest BCUT2D eigenvalue weighted by Gasteiger charge is -2.58. The fourth-order valence-corrected chi connectivity index (χ4v) is 8.41. The van der Waals surface area contributed by atoms with Crippen molar-refractivity contribution in [2.75, 3.05) is 0 Å². The summed E-state index contributed by atoms with van der Waals surface area (Å²) in [6.45, 7) is 6.06. The molecule has 0 bridgehead atoms. The smallest absolute Gasteiger partial charge is 0.163 e. The van der Waals surface area contributed by atoms with Gasteiger partial charge in [0.1, 0.15) is 5.60 Å². The second kappa shape index (κ2) is 5.51. The molecule has 0 aliphatic heterocycles. The highest BCUT2D eigenvalue weighted by atomic mass is 79.9. The minimum absolute atomic E-state index is 0.0938. The van der Waals surface area contributed by atoms with Crippen LogP contribution in [-0.2, 0) is 9.59 Å². The molecular weight excluding hydrogens is 380 g/mol. The van der Waals surface area contributed by atoms with Crippen LogP contribution in [0.1, 0.15) is 65.7 Å². The number of alkyl halides is 1. The number of hydrogen-bond donors (Lipinski definition) is 1. The van der Waals surface area contributed by atoms with E-state index in [4.69, 9.17) is 0 Å².